The third-order valence-electron chi connectivity index (χ3n) is 4.17. The van der Waals surface area contributed by atoms with Crippen molar-refractivity contribution in [2.45, 2.75) is 18.2 Å². The molecule has 32 heavy (non-hydrogen) atoms. The molecule has 0 atom stereocenters. The van der Waals surface area contributed by atoms with E-state index in [2.05, 4.69) is 43.3 Å². The molecule has 1 heterocycles. The second-order valence-electron chi connectivity index (χ2n) is 6.43. The molecule has 0 fully saturated rings. The number of halogens is 3. The lowest BCUT2D eigenvalue weighted by molar-refractivity contribution is -0.113. The van der Waals surface area contributed by atoms with Crippen LogP contribution in [0.2, 0.25) is 5.02 Å². The Balaban J connectivity index is 1.61. The Morgan fingerprint density at radius 2 is 2.03 bits per heavy atom. The molecule has 1 aromatic heterocycles. The molecule has 0 unspecified atom stereocenters. The third-order valence-corrected chi connectivity index (χ3v) is 6.11. The molecule has 3 rings (SSSR count). The first-order valence-electron chi connectivity index (χ1n) is 9.32. The number of rotatable bonds is 9. The summed E-state index contributed by atoms with van der Waals surface area (Å²) < 4.78 is 15.7. The van der Waals surface area contributed by atoms with Crippen molar-refractivity contribution in [1.29, 1.82) is 0 Å². The molecule has 0 saturated carbocycles. The number of carbonyl (C=O) groups excluding carboxylic acids is 2. The Hall–Kier alpha value is -2.69. The van der Waals surface area contributed by atoms with Crippen molar-refractivity contribution in [3.63, 3.8) is 0 Å². The van der Waals surface area contributed by atoms with Crippen molar-refractivity contribution in [2.24, 2.45) is 0 Å². The summed E-state index contributed by atoms with van der Waals surface area (Å²) in [6.45, 7) is 4.30. The van der Waals surface area contributed by atoms with Gasteiger partial charge in [-0.05, 0) is 46.3 Å². The fourth-order valence-corrected chi connectivity index (χ4v) is 4.08. The lowest BCUT2D eigenvalue weighted by Crippen LogP contribution is -2.25. The summed E-state index contributed by atoms with van der Waals surface area (Å²) in [7, 11) is 0. The minimum Gasteiger partial charge on any atom is -0.345 e. The van der Waals surface area contributed by atoms with Gasteiger partial charge in [0.1, 0.15) is 5.82 Å². The number of benzene rings is 2. The highest BCUT2D eigenvalue weighted by Crippen LogP contribution is 2.21. The van der Waals surface area contributed by atoms with E-state index < -0.39 is 5.82 Å². The van der Waals surface area contributed by atoms with E-state index in [0.717, 1.165) is 0 Å². The van der Waals surface area contributed by atoms with Gasteiger partial charge < -0.3 is 15.2 Å². The van der Waals surface area contributed by atoms with Gasteiger partial charge >= 0.3 is 0 Å². The predicted molar refractivity (Wildman–Crippen MR) is 126 cm³/mol. The number of carbonyl (C=O) groups is 2. The quantitative estimate of drug-likeness (QED) is 0.305. The molecule has 0 radical (unpaired) electrons. The van der Waals surface area contributed by atoms with Gasteiger partial charge in [0.15, 0.2) is 11.0 Å². The number of amides is 2. The summed E-state index contributed by atoms with van der Waals surface area (Å²) in [5.41, 5.74) is 0.902. The van der Waals surface area contributed by atoms with Crippen molar-refractivity contribution >= 4 is 56.8 Å². The van der Waals surface area contributed by atoms with E-state index in [0.29, 0.717) is 33.2 Å². The number of thioether (sulfide) groups is 1. The van der Waals surface area contributed by atoms with Crippen LogP contribution in [0.3, 0.4) is 0 Å². The average molecular weight is 539 g/mol. The molecule has 0 aliphatic carbocycles. The third kappa shape index (κ3) is 6.18. The van der Waals surface area contributed by atoms with E-state index >= 15 is 0 Å². The van der Waals surface area contributed by atoms with Crippen LogP contribution in [0.25, 0.3) is 0 Å². The summed E-state index contributed by atoms with van der Waals surface area (Å²) in [6.07, 6.45) is 1.67. The topological polar surface area (TPSA) is 88.9 Å². The zero-order valence-corrected chi connectivity index (χ0v) is 19.8. The Bertz CT molecular complexity index is 1160. The molecule has 0 spiro atoms. The Labute approximate surface area is 201 Å². The molecule has 2 N–H and O–H groups in total. The molecule has 2 amide bonds. The van der Waals surface area contributed by atoms with Gasteiger partial charge in [-0.1, -0.05) is 41.6 Å². The molecule has 2 aromatic carbocycles. The largest absolute Gasteiger partial charge is 0.345 e. The van der Waals surface area contributed by atoms with Crippen LogP contribution in [-0.4, -0.2) is 32.3 Å². The predicted octanol–water partition coefficient (Wildman–Crippen LogP) is 4.68. The molecule has 3 aromatic rings. The first kappa shape index (κ1) is 24.0. The minimum absolute atomic E-state index is 0.0492. The standard InChI is InChI=1S/C21H18BrClFN5O2S/c1-2-9-29-18(11-25-20(31)14-5-3-4-6-15(14)22)27-28-21(29)32-12-19(30)26-13-7-8-17(24)16(23)10-13/h2-8,10H,1,9,11-12H2,(H,25,31)(H,26,30). The molecule has 0 bridgehead atoms. The van der Waals surface area contributed by atoms with Crippen LogP contribution < -0.4 is 10.6 Å². The summed E-state index contributed by atoms with van der Waals surface area (Å²) >= 11 is 10.3. The Morgan fingerprint density at radius 1 is 1.25 bits per heavy atom. The normalized spacial score (nSPS) is 10.6. The molecule has 166 valence electrons. The maximum atomic E-state index is 13.3. The second kappa shape index (κ2) is 11.3. The fourth-order valence-electron chi connectivity index (χ4n) is 2.67. The van der Waals surface area contributed by atoms with E-state index in [-0.39, 0.29) is 29.1 Å². The number of nitrogens with zero attached hydrogens (tertiary/aromatic N) is 3. The maximum Gasteiger partial charge on any atom is 0.252 e. The number of anilines is 1. The van der Waals surface area contributed by atoms with Gasteiger partial charge in [-0.3, -0.25) is 9.59 Å². The highest BCUT2D eigenvalue weighted by atomic mass is 79.9. The molecule has 0 aliphatic heterocycles. The molecular weight excluding hydrogens is 521 g/mol. The molecular formula is C21H18BrClFN5O2S. The first-order valence-corrected chi connectivity index (χ1v) is 11.5. The smallest absolute Gasteiger partial charge is 0.252 e. The van der Waals surface area contributed by atoms with Gasteiger partial charge in [0.25, 0.3) is 5.91 Å². The number of nitrogens with one attached hydrogen (secondary N) is 2. The van der Waals surface area contributed by atoms with Crippen LogP contribution in [0.5, 0.6) is 0 Å². The number of allylic oxidation sites excluding steroid dienone is 1. The summed E-state index contributed by atoms with van der Waals surface area (Å²) in [4.78, 5) is 24.7. The van der Waals surface area contributed by atoms with Gasteiger partial charge in [-0.15, -0.1) is 16.8 Å². The van der Waals surface area contributed by atoms with Crippen LogP contribution >= 0.6 is 39.3 Å². The Kier molecular flexibility index (Phi) is 8.43. The Morgan fingerprint density at radius 3 is 2.75 bits per heavy atom. The first-order chi connectivity index (χ1) is 15.4. The molecule has 0 aliphatic rings. The number of hydrogen-bond acceptors (Lipinski definition) is 5. The van der Waals surface area contributed by atoms with Gasteiger partial charge in [-0.2, -0.15) is 0 Å². The summed E-state index contributed by atoms with van der Waals surface area (Å²) in [5.74, 6) is -0.547. The monoisotopic (exact) mass is 537 g/mol. The van der Waals surface area contributed by atoms with E-state index in [1.807, 2.05) is 6.07 Å². The lowest BCUT2D eigenvalue weighted by atomic mass is 10.2. The van der Waals surface area contributed by atoms with Crippen molar-refractivity contribution in [2.75, 3.05) is 11.1 Å². The lowest BCUT2D eigenvalue weighted by Gasteiger charge is -2.10. The zero-order chi connectivity index (χ0) is 23.1. The van der Waals surface area contributed by atoms with Crippen LogP contribution in [0, 0.1) is 5.82 Å². The fraction of sp³-hybridized carbons (Fsp3) is 0.143. The van der Waals surface area contributed by atoms with E-state index in [4.69, 9.17) is 11.6 Å². The number of hydrogen-bond donors (Lipinski definition) is 2. The van der Waals surface area contributed by atoms with Crippen LogP contribution in [0.15, 0.2) is 64.7 Å². The van der Waals surface area contributed by atoms with Crippen molar-refractivity contribution in [1.82, 2.24) is 20.1 Å². The van der Waals surface area contributed by atoms with Gasteiger partial charge in [0, 0.05) is 16.7 Å². The second-order valence-corrected chi connectivity index (χ2v) is 8.63. The molecule has 7 nitrogen and oxygen atoms in total. The van der Waals surface area contributed by atoms with Gasteiger partial charge in [0.05, 0.1) is 22.9 Å². The average Bonchev–Trinajstić information content (AvgIpc) is 3.15. The highest BCUT2D eigenvalue weighted by molar-refractivity contribution is 9.10. The van der Waals surface area contributed by atoms with Crippen molar-refractivity contribution in [3.8, 4) is 0 Å². The maximum absolute atomic E-state index is 13.3. The summed E-state index contributed by atoms with van der Waals surface area (Å²) in [5, 5.41) is 14.2. The molecule has 11 heteroatoms. The molecule has 0 saturated heterocycles. The van der Waals surface area contributed by atoms with Crippen LogP contribution in [0.4, 0.5) is 10.1 Å². The van der Waals surface area contributed by atoms with Crippen molar-refractivity contribution < 1.29 is 14.0 Å². The van der Waals surface area contributed by atoms with Crippen LogP contribution in [0.1, 0.15) is 16.2 Å². The SMILES string of the molecule is C=CCn1c(CNC(=O)c2ccccc2Br)nnc1SCC(=O)Nc1ccc(F)c(Cl)c1. The zero-order valence-electron chi connectivity index (χ0n) is 16.6. The highest BCUT2D eigenvalue weighted by Gasteiger charge is 2.16. The van der Waals surface area contributed by atoms with E-state index in [1.165, 1.54) is 30.0 Å². The summed E-state index contributed by atoms with van der Waals surface area (Å²) in [6, 6.07) is 11.0. The minimum atomic E-state index is -0.559. The van der Waals surface area contributed by atoms with E-state index in [1.54, 1.807) is 28.8 Å². The number of aromatic nitrogens is 3. The van der Waals surface area contributed by atoms with Gasteiger partial charge in [0.2, 0.25) is 5.91 Å². The van der Waals surface area contributed by atoms with E-state index in [9.17, 15) is 14.0 Å². The van der Waals surface area contributed by atoms with Gasteiger partial charge in [-0.25, -0.2) is 4.39 Å². The van der Waals surface area contributed by atoms with Crippen molar-refractivity contribution in [3.05, 3.63) is 81.8 Å². The van der Waals surface area contributed by atoms with Crippen LogP contribution in [-0.2, 0) is 17.9 Å².